The molecule has 2 aliphatic rings. The maximum Gasteiger partial charge on any atom is 0.282 e. The van der Waals surface area contributed by atoms with Crippen molar-refractivity contribution in [1.29, 1.82) is 0 Å². The molecule has 1 saturated carbocycles. The van der Waals surface area contributed by atoms with Gasteiger partial charge in [0.25, 0.3) is 5.91 Å². The van der Waals surface area contributed by atoms with Crippen LogP contribution in [0.2, 0.25) is 0 Å². The molecule has 0 spiro atoms. The van der Waals surface area contributed by atoms with E-state index in [1.54, 1.807) is 7.11 Å². The Balaban J connectivity index is 1.58. The van der Waals surface area contributed by atoms with Gasteiger partial charge in [-0.05, 0) is 43.9 Å². The van der Waals surface area contributed by atoms with E-state index in [0.29, 0.717) is 11.0 Å². The minimum Gasteiger partial charge on any atom is -0.497 e. The lowest BCUT2D eigenvalue weighted by Crippen LogP contribution is -2.40. The van der Waals surface area contributed by atoms with Crippen LogP contribution in [0.5, 0.6) is 5.75 Å². The molecule has 0 radical (unpaired) electrons. The maximum atomic E-state index is 12.6. The Bertz CT molecular complexity index is 774. The smallest absolute Gasteiger partial charge is 0.282 e. The summed E-state index contributed by atoms with van der Waals surface area (Å²) in [5, 5.41) is 12.4. The van der Waals surface area contributed by atoms with Gasteiger partial charge in [0.2, 0.25) is 5.01 Å². The van der Waals surface area contributed by atoms with E-state index in [-0.39, 0.29) is 18.0 Å². The number of ether oxygens (including phenoxy) is 1. The fourth-order valence-electron chi connectivity index (χ4n) is 3.65. The third-order valence-corrected chi connectivity index (χ3v) is 5.76. The zero-order valence-corrected chi connectivity index (χ0v) is 15.3. The topological polar surface area (TPSA) is 67.3 Å². The van der Waals surface area contributed by atoms with Crippen LogP contribution in [0.15, 0.2) is 24.3 Å². The number of amides is 1. The lowest BCUT2D eigenvalue weighted by Gasteiger charge is -2.29. The number of likely N-dealkylation sites (tertiary alicyclic amines) is 1. The number of benzene rings is 1. The average molecular weight is 358 g/mol. The van der Waals surface area contributed by atoms with Crippen LogP contribution >= 0.6 is 11.3 Å². The van der Waals surface area contributed by atoms with E-state index in [1.165, 1.54) is 29.7 Å². The van der Waals surface area contributed by atoms with Crippen LogP contribution < -0.4 is 10.1 Å². The lowest BCUT2D eigenvalue weighted by molar-refractivity contribution is 0.0922. The Labute approximate surface area is 151 Å². The molecule has 4 rings (SSSR count). The molecular formula is C18H22N4O2S. The number of aromatic nitrogens is 2. The average Bonchev–Trinajstić information content (AvgIpc) is 3.24. The third-order valence-electron chi connectivity index (χ3n) is 4.92. The van der Waals surface area contributed by atoms with Crippen LogP contribution in [0.25, 0.3) is 0 Å². The summed E-state index contributed by atoms with van der Waals surface area (Å²) in [6.45, 7) is 2.87. The number of hydrogen-bond acceptors (Lipinski definition) is 6. The fourth-order valence-corrected chi connectivity index (χ4v) is 4.25. The van der Waals surface area contributed by atoms with Gasteiger partial charge in [-0.3, -0.25) is 9.69 Å². The van der Waals surface area contributed by atoms with Gasteiger partial charge in [-0.25, -0.2) is 0 Å². The number of nitrogens with zero attached hydrogens (tertiary/aromatic N) is 3. The van der Waals surface area contributed by atoms with E-state index in [0.717, 1.165) is 23.7 Å². The van der Waals surface area contributed by atoms with Gasteiger partial charge in [0, 0.05) is 12.6 Å². The normalized spacial score (nSPS) is 23.6. The molecule has 1 aromatic carbocycles. The van der Waals surface area contributed by atoms with Gasteiger partial charge >= 0.3 is 0 Å². The standard InChI is InChI=1S/C18H22N4O2S/c1-11-20-21-18(25-11)17(23)19-15-8-9-22(13-6-7-13)16(15)12-4-3-5-14(10-12)24-2/h3-5,10,13,15-16H,6-9H2,1-2H3,(H,19,23). The second-order valence-electron chi connectivity index (χ2n) is 6.69. The first-order valence-corrected chi connectivity index (χ1v) is 9.48. The van der Waals surface area contributed by atoms with Gasteiger partial charge in [-0.15, -0.1) is 10.2 Å². The first-order chi connectivity index (χ1) is 12.2. The highest BCUT2D eigenvalue weighted by atomic mass is 32.1. The van der Waals surface area contributed by atoms with Crippen molar-refractivity contribution in [2.75, 3.05) is 13.7 Å². The van der Waals surface area contributed by atoms with Crippen molar-refractivity contribution >= 4 is 17.2 Å². The van der Waals surface area contributed by atoms with Crippen molar-refractivity contribution in [1.82, 2.24) is 20.4 Å². The summed E-state index contributed by atoms with van der Waals surface area (Å²) in [6.07, 6.45) is 3.44. The van der Waals surface area contributed by atoms with E-state index in [4.69, 9.17) is 4.74 Å². The number of aryl methyl sites for hydroxylation is 1. The van der Waals surface area contributed by atoms with Crippen LogP contribution in [-0.4, -0.2) is 46.7 Å². The molecule has 0 bridgehead atoms. The molecule has 132 valence electrons. The molecular weight excluding hydrogens is 336 g/mol. The molecule has 2 heterocycles. The number of rotatable bonds is 5. The van der Waals surface area contributed by atoms with Crippen molar-refractivity contribution in [2.45, 2.75) is 44.3 Å². The molecule has 1 aromatic heterocycles. The summed E-state index contributed by atoms with van der Waals surface area (Å²) in [7, 11) is 1.68. The van der Waals surface area contributed by atoms with Crippen LogP contribution in [0.4, 0.5) is 0 Å². The molecule has 6 nitrogen and oxygen atoms in total. The lowest BCUT2D eigenvalue weighted by atomic mass is 9.99. The first kappa shape index (κ1) is 16.5. The van der Waals surface area contributed by atoms with E-state index in [1.807, 2.05) is 19.1 Å². The third kappa shape index (κ3) is 3.39. The van der Waals surface area contributed by atoms with Crippen LogP contribution in [0.1, 0.15) is 45.7 Å². The quantitative estimate of drug-likeness (QED) is 0.890. The Morgan fingerprint density at radius 2 is 2.16 bits per heavy atom. The van der Waals surface area contributed by atoms with E-state index in [2.05, 4.69) is 32.5 Å². The monoisotopic (exact) mass is 358 g/mol. The molecule has 25 heavy (non-hydrogen) atoms. The fraction of sp³-hybridized carbons (Fsp3) is 0.500. The molecule has 2 fully saturated rings. The summed E-state index contributed by atoms with van der Waals surface area (Å²) in [4.78, 5) is 15.1. The molecule has 1 N–H and O–H groups in total. The van der Waals surface area contributed by atoms with E-state index in [9.17, 15) is 4.79 Å². The van der Waals surface area contributed by atoms with E-state index < -0.39 is 0 Å². The van der Waals surface area contributed by atoms with E-state index >= 15 is 0 Å². The van der Waals surface area contributed by atoms with Crippen molar-refractivity contribution in [3.05, 3.63) is 39.8 Å². The summed E-state index contributed by atoms with van der Waals surface area (Å²) in [6, 6.07) is 9.08. The number of carbonyl (C=O) groups is 1. The van der Waals surface area contributed by atoms with Gasteiger partial charge in [0.15, 0.2) is 0 Å². The minimum absolute atomic E-state index is 0.0735. The Morgan fingerprint density at radius 3 is 2.84 bits per heavy atom. The Kier molecular flexibility index (Phi) is 4.43. The summed E-state index contributed by atoms with van der Waals surface area (Å²) in [5.41, 5.74) is 1.20. The number of methoxy groups -OCH3 is 1. The second-order valence-corrected chi connectivity index (χ2v) is 7.87. The van der Waals surface area contributed by atoms with Crippen LogP contribution in [0.3, 0.4) is 0 Å². The van der Waals surface area contributed by atoms with Crippen LogP contribution in [0, 0.1) is 6.92 Å². The minimum atomic E-state index is -0.124. The highest BCUT2D eigenvalue weighted by Gasteiger charge is 2.43. The number of carbonyl (C=O) groups excluding carboxylic acids is 1. The predicted octanol–water partition coefficient (Wildman–Crippen LogP) is 2.56. The summed E-state index contributed by atoms with van der Waals surface area (Å²) in [5.74, 6) is 0.728. The molecule has 7 heteroatoms. The summed E-state index contributed by atoms with van der Waals surface area (Å²) >= 11 is 1.33. The molecule has 1 aliphatic heterocycles. The van der Waals surface area contributed by atoms with Crippen molar-refractivity contribution in [3.63, 3.8) is 0 Å². The highest BCUT2D eigenvalue weighted by molar-refractivity contribution is 7.13. The number of nitrogens with one attached hydrogen (secondary N) is 1. The summed E-state index contributed by atoms with van der Waals surface area (Å²) < 4.78 is 5.39. The van der Waals surface area contributed by atoms with Crippen molar-refractivity contribution in [3.8, 4) is 5.75 Å². The molecule has 1 amide bonds. The van der Waals surface area contributed by atoms with Gasteiger partial charge in [-0.2, -0.15) is 0 Å². The zero-order chi connectivity index (χ0) is 17.4. The Morgan fingerprint density at radius 1 is 1.32 bits per heavy atom. The Hall–Kier alpha value is -1.99. The van der Waals surface area contributed by atoms with Crippen molar-refractivity contribution in [2.24, 2.45) is 0 Å². The zero-order valence-electron chi connectivity index (χ0n) is 14.4. The molecule has 1 saturated heterocycles. The van der Waals surface area contributed by atoms with Gasteiger partial charge < -0.3 is 10.1 Å². The SMILES string of the molecule is COc1cccc(C2C(NC(=O)c3nnc(C)s3)CCN2C2CC2)c1. The van der Waals surface area contributed by atoms with Crippen LogP contribution in [-0.2, 0) is 0 Å². The first-order valence-electron chi connectivity index (χ1n) is 8.66. The van der Waals surface area contributed by atoms with Gasteiger partial charge in [0.1, 0.15) is 10.8 Å². The van der Waals surface area contributed by atoms with Gasteiger partial charge in [-0.1, -0.05) is 23.5 Å². The molecule has 1 aliphatic carbocycles. The highest BCUT2D eigenvalue weighted by Crippen LogP contribution is 2.41. The molecule has 2 aromatic rings. The number of hydrogen-bond donors (Lipinski definition) is 1. The largest absolute Gasteiger partial charge is 0.497 e. The molecule has 2 atom stereocenters. The predicted molar refractivity (Wildman–Crippen MR) is 96.0 cm³/mol. The molecule has 2 unspecified atom stereocenters. The van der Waals surface area contributed by atoms with Gasteiger partial charge in [0.05, 0.1) is 19.2 Å². The maximum absolute atomic E-state index is 12.6. The second kappa shape index (κ2) is 6.72. The van der Waals surface area contributed by atoms with Crippen molar-refractivity contribution < 1.29 is 9.53 Å².